The van der Waals surface area contributed by atoms with Crippen molar-refractivity contribution in [3.8, 4) is 0 Å². The Morgan fingerprint density at radius 1 is 0.917 bits per heavy atom. The Balaban J connectivity index is 3.79. The summed E-state index contributed by atoms with van der Waals surface area (Å²) in [5.41, 5.74) is 0. The fraction of sp³-hybridized carbons (Fsp3) is 0.400. The van der Waals surface area contributed by atoms with Gasteiger partial charge in [0.1, 0.15) is 0 Å². The predicted octanol–water partition coefficient (Wildman–Crippen LogP) is 2.83. The first-order valence-electron chi connectivity index (χ1n) is 4.10. The molecule has 0 amide bonds. The van der Waals surface area contributed by atoms with Gasteiger partial charge in [0.15, 0.2) is 0 Å². The first-order chi connectivity index (χ1) is 5.81. The van der Waals surface area contributed by atoms with Crippen LogP contribution in [-0.2, 0) is 0 Å². The molecular formula is C10H16N2. The van der Waals surface area contributed by atoms with Gasteiger partial charge in [-0.2, -0.15) is 0 Å². The number of rotatable bonds is 4. The van der Waals surface area contributed by atoms with Gasteiger partial charge in [0, 0.05) is 30.7 Å². The van der Waals surface area contributed by atoms with Gasteiger partial charge in [-0.05, 0) is 13.8 Å². The van der Waals surface area contributed by atoms with Crippen LogP contribution in [0.4, 0.5) is 0 Å². The van der Waals surface area contributed by atoms with E-state index in [1.54, 1.807) is 12.4 Å². The molecule has 0 aliphatic rings. The molecule has 12 heavy (non-hydrogen) atoms. The van der Waals surface area contributed by atoms with Crippen LogP contribution in [0.5, 0.6) is 0 Å². The van der Waals surface area contributed by atoms with Gasteiger partial charge < -0.3 is 0 Å². The summed E-state index contributed by atoms with van der Waals surface area (Å²) in [6, 6.07) is 0. The van der Waals surface area contributed by atoms with E-state index in [1.165, 1.54) is 0 Å². The van der Waals surface area contributed by atoms with Gasteiger partial charge in [0.05, 0.1) is 0 Å². The van der Waals surface area contributed by atoms with Gasteiger partial charge in [-0.25, -0.2) is 0 Å². The topological polar surface area (TPSA) is 24.7 Å². The maximum Gasteiger partial charge on any atom is 0.0268 e. The first kappa shape index (κ1) is 10.8. The highest BCUT2D eigenvalue weighted by Crippen LogP contribution is 1.87. The van der Waals surface area contributed by atoms with Crippen LogP contribution in [0.1, 0.15) is 20.8 Å². The quantitative estimate of drug-likeness (QED) is 0.571. The lowest BCUT2D eigenvalue weighted by Crippen LogP contribution is -1.95. The van der Waals surface area contributed by atoms with Gasteiger partial charge >= 0.3 is 0 Å². The maximum absolute atomic E-state index is 4.05. The number of allylic oxidation sites excluding steroid dienone is 2. The minimum Gasteiger partial charge on any atom is -0.269 e. The van der Waals surface area contributed by atoms with Crippen LogP contribution in [0.3, 0.4) is 0 Å². The van der Waals surface area contributed by atoms with Crippen molar-refractivity contribution < 1.29 is 0 Å². The highest BCUT2D eigenvalue weighted by atomic mass is 14.7. The molecule has 0 unspecified atom stereocenters. The lowest BCUT2D eigenvalue weighted by molar-refractivity contribution is 1.11. The third kappa shape index (κ3) is 6.93. The molecule has 66 valence electrons. The Morgan fingerprint density at radius 3 is 1.67 bits per heavy atom. The van der Waals surface area contributed by atoms with E-state index in [0.717, 1.165) is 0 Å². The van der Waals surface area contributed by atoms with E-state index in [1.807, 2.05) is 45.4 Å². The molecule has 0 N–H and O–H groups in total. The highest BCUT2D eigenvalue weighted by Gasteiger charge is 1.87. The molecule has 0 spiro atoms. The predicted molar refractivity (Wildman–Crippen MR) is 55.8 cm³/mol. The largest absolute Gasteiger partial charge is 0.269 e. The Bertz CT molecular complexity index is 178. The number of hydrogen-bond acceptors (Lipinski definition) is 2. The van der Waals surface area contributed by atoms with E-state index in [0.29, 0.717) is 0 Å². The first-order valence-corrected chi connectivity index (χ1v) is 4.10. The summed E-state index contributed by atoms with van der Waals surface area (Å²) in [5, 5.41) is 0. The van der Waals surface area contributed by atoms with Crippen molar-refractivity contribution in [2.24, 2.45) is 15.9 Å². The van der Waals surface area contributed by atoms with Crippen LogP contribution in [0.25, 0.3) is 0 Å². The van der Waals surface area contributed by atoms with Crippen molar-refractivity contribution in [2.75, 3.05) is 0 Å². The average molecular weight is 164 g/mol. The van der Waals surface area contributed by atoms with E-state index in [4.69, 9.17) is 0 Å². The van der Waals surface area contributed by atoms with Crippen molar-refractivity contribution in [3.63, 3.8) is 0 Å². The number of nitrogens with zero attached hydrogens (tertiary/aromatic N) is 2. The fourth-order valence-electron chi connectivity index (χ4n) is 0.582. The van der Waals surface area contributed by atoms with Gasteiger partial charge in [0.2, 0.25) is 0 Å². The van der Waals surface area contributed by atoms with Crippen LogP contribution >= 0.6 is 0 Å². The molecule has 0 radical (unpaired) electrons. The molecule has 0 saturated carbocycles. The van der Waals surface area contributed by atoms with E-state index >= 15 is 0 Å². The highest BCUT2D eigenvalue weighted by molar-refractivity contribution is 5.83. The minimum absolute atomic E-state index is 0.289. The summed E-state index contributed by atoms with van der Waals surface area (Å²) >= 11 is 0. The SMILES string of the molecule is C/C=C\N=C/C(C)/C=N\C=C/C. The molecule has 0 atom stereocenters. The third-order valence-electron chi connectivity index (χ3n) is 1.11. The third-order valence-corrected chi connectivity index (χ3v) is 1.11. The lowest BCUT2D eigenvalue weighted by atomic mass is 10.2. The Kier molecular flexibility index (Phi) is 7.14. The molecule has 2 heteroatoms. The zero-order valence-electron chi connectivity index (χ0n) is 7.94. The molecule has 0 rings (SSSR count). The summed E-state index contributed by atoms with van der Waals surface area (Å²) in [5.74, 6) is 0.289. The molecule has 0 aliphatic heterocycles. The molecule has 0 heterocycles. The van der Waals surface area contributed by atoms with Gasteiger partial charge in [-0.15, -0.1) is 0 Å². The molecule has 2 nitrogen and oxygen atoms in total. The van der Waals surface area contributed by atoms with Crippen LogP contribution < -0.4 is 0 Å². The summed E-state index contributed by atoms with van der Waals surface area (Å²) in [6.45, 7) is 5.92. The van der Waals surface area contributed by atoms with Crippen molar-refractivity contribution in [2.45, 2.75) is 20.8 Å². The summed E-state index contributed by atoms with van der Waals surface area (Å²) in [6.07, 6.45) is 11.0. The molecule has 0 bridgehead atoms. The lowest BCUT2D eigenvalue weighted by Gasteiger charge is -1.91. The Morgan fingerprint density at radius 2 is 1.33 bits per heavy atom. The van der Waals surface area contributed by atoms with Gasteiger partial charge in [0.25, 0.3) is 0 Å². The van der Waals surface area contributed by atoms with Gasteiger partial charge in [-0.3, -0.25) is 9.98 Å². The van der Waals surface area contributed by atoms with Crippen LogP contribution in [0.2, 0.25) is 0 Å². The van der Waals surface area contributed by atoms with E-state index < -0.39 is 0 Å². The van der Waals surface area contributed by atoms with Gasteiger partial charge in [-0.1, -0.05) is 19.1 Å². The van der Waals surface area contributed by atoms with E-state index in [-0.39, 0.29) is 5.92 Å². The molecule has 0 fully saturated rings. The average Bonchev–Trinajstić information content (AvgIpc) is 2.06. The Hall–Kier alpha value is -1.18. The second kappa shape index (κ2) is 7.92. The van der Waals surface area contributed by atoms with E-state index in [2.05, 4.69) is 9.98 Å². The zero-order valence-corrected chi connectivity index (χ0v) is 7.94. The zero-order chi connectivity index (χ0) is 9.23. The normalized spacial score (nSPS) is 13.7. The van der Waals surface area contributed by atoms with Crippen molar-refractivity contribution in [1.82, 2.24) is 0 Å². The van der Waals surface area contributed by atoms with Crippen LogP contribution in [0, 0.1) is 5.92 Å². The monoisotopic (exact) mass is 164 g/mol. The van der Waals surface area contributed by atoms with Crippen molar-refractivity contribution >= 4 is 12.4 Å². The summed E-state index contributed by atoms with van der Waals surface area (Å²) < 4.78 is 0. The second-order valence-corrected chi connectivity index (χ2v) is 2.42. The Labute approximate surface area is 74.4 Å². The second-order valence-electron chi connectivity index (χ2n) is 2.42. The van der Waals surface area contributed by atoms with E-state index in [9.17, 15) is 0 Å². The molecule has 0 aromatic rings. The van der Waals surface area contributed by atoms with Crippen LogP contribution in [0.15, 0.2) is 34.5 Å². The number of hydrogen-bond donors (Lipinski definition) is 0. The smallest absolute Gasteiger partial charge is 0.0268 e. The maximum atomic E-state index is 4.05. The van der Waals surface area contributed by atoms with Crippen LogP contribution in [-0.4, -0.2) is 12.4 Å². The molecule has 0 aromatic heterocycles. The molecule has 0 aliphatic carbocycles. The summed E-state index contributed by atoms with van der Waals surface area (Å²) in [4.78, 5) is 8.10. The fourth-order valence-corrected chi connectivity index (χ4v) is 0.582. The van der Waals surface area contributed by atoms with Crippen molar-refractivity contribution in [1.29, 1.82) is 0 Å². The standard InChI is InChI=1S/C10H16N2/c1-4-6-11-8-10(3)9-12-7-5-2/h4-10H,1-3H3/b6-4-,7-5-,11-8-,12-9-. The van der Waals surface area contributed by atoms with Crippen molar-refractivity contribution in [3.05, 3.63) is 24.6 Å². The minimum atomic E-state index is 0.289. The molecule has 0 saturated heterocycles. The molecule has 0 aromatic carbocycles. The number of aliphatic imine (C=N–C) groups is 2. The summed E-state index contributed by atoms with van der Waals surface area (Å²) in [7, 11) is 0. The molecular weight excluding hydrogens is 148 g/mol.